The van der Waals surface area contributed by atoms with E-state index in [4.69, 9.17) is 14.2 Å². The van der Waals surface area contributed by atoms with E-state index in [0.717, 1.165) is 42.1 Å². The molecule has 1 aromatic carbocycles. The van der Waals surface area contributed by atoms with Gasteiger partial charge >= 0.3 is 0 Å². The normalized spacial score (nSPS) is 18.6. The second-order valence-corrected chi connectivity index (χ2v) is 9.45. The Balaban J connectivity index is 1.62. The van der Waals surface area contributed by atoms with Crippen LogP contribution in [0.3, 0.4) is 0 Å². The molecule has 31 heavy (non-hydrogen) atoms. The maximum absolute atomic E-state index is 12.7. The first-order chi connectivity index (χ1) is 15.1. The molecule has 2 aromatic rings. The molecule has 1 saturated heterocycles. The lowest BCUT2D eigenvalue weighted by Crippen LogP contribution is -2.32. The van der Waals surface area contributed by atoms with E-state index in [-0.39, 0.29) is 12.0 Å². The summed E-state index contributed by atoms with van der Waals surface area (Å²) in [6.45, 7) is 8.72. The smallest absolute Gasteiger partial charge is 0.223 e. The Hall–Kier alpha value is -2.31. The predicted molar refractivity (Wildman–Crippen MR) is 124 cm³/mol. The van der Waals surface area contributed by atoms with Gasteiger partial charge in [-0.2, -0.15) is 0 Å². The van der Waals surface area contributed by atoms with Crippen molar-refractivity contribution in [3.8, 4) is 21.9 Å². The molecule has 5 nitrogen and oxygen atoms in total. The molecule has 0 saturated carbocycles. The molecule has 1 amide bonds. The summed E-state index contributed by atoms with van der Waals surface area (Å²) < 4.78 is 18.2. The van der Waals surface area contributed by atoms with Crippen molar-refractivity contribution in [3.05, 3.63) is 47.4 Å². The zero-order chi connectivity index (χ0) is 21.6. The van der Waals surface area contributed by atoms with Crippen molar-refractivity contribution in [1.82, 2.24) is 4.90 Å². The third kappa shape index (κ3) is 5.49. The van der Waals surface area contributed by atoms with Gasteiger partial charge in [0.2, 0.25) is 5.91 Å². The van der Waals surface area contributed by atoms with Crippen molar-refractivity contribution in [3.63, 3.8) is 0 Å². The molecule has 1 unspecified atom stereocenters. The van der Waals surface area contributed by atoms with Crippen molar-refractivity contribution in [2.24, 2.45) is 0 Å². The van der Waals surface area contributed by atoms with Gasteiger partial charge in [-0.3, -0.25) is 4.79 Å². The summed E-state index contributed by atoms with van der Waals surface area (Å²) >= 11 is 1.76. The standard InChI is InChI=1S/C25H31NO4S/c1-3-4-8-24(27)26-11-13-29-25-20(16-26)14-19(23-10-9-18(2)31-23)15-22(25)30-17-21-7-5-6-12-28-21/h3,9-10,14-15,21H,1,4-8,11-13,16-17H2,2H3. The number of hydrogen-bond acceptors (Lipinski definition) is 5. The summed E-state index contributed by atoms with van der Waals surface area (Å²) in [4.78, 5) is 17.0. The van der Waals surface area contributed by atoms with Crippen LogP contribution in [0, 0.1) is 6.92 Å². The Morgan fingerprint density at radius 3 is 2.97 bits per heavy atom. The number of nitrogens with zero attached hydrogens (tertiary/aromatic N) is 1. The lowest BCUT2D eigenvalue weighted by molar-refractivity contribution is -0.131. The van der Waals surface area contributed by atoms with Crippen molar-refractivity contribution in [2.75, 3.05) is 26.4 Å². The number of amides is 1. The van der Waals surface area contributed by atoms with E-state index in [1.165, 1.54) is 16.2 Å². The lowest BCUT2D eigenvalue weighted by Gasteiger charge is -2.24. The van der Waals surface area contributed by atoms with Crippen molar-refractivity contribution >= 4 is 17.2 Å². The zero-order valence-corrected chi connectivity index (χ0v) is 19.0. The SMILES string of the molecule is C=CCCC(=O)N1CCOc2c(cc(-c3ccc(C)s3)cc2OCC2CCCCO2)C1. The topological polar surface area (TPSA) is 48.0 Å². The third-order valence-electron chi connectivity index (χ3n) is 5.74. The second-order valence-electron chi connectivity index (χ2n) is 8.16. The minimum absolute atomic E-state index is 0.125. The van der Waals surface area contributed by atoms with Gasteiger partial charge in [0, 0.05) is 34.9 Å². The molecule has 166 valence electrons. The first-order valence-electron chi connectivity index (χ1n) is 11.1. The van der Waals surface area contributed by atoms with E-state index >= 15 is 0 Å². The summed E-state index contributed by atoms with van der Waals surface area (Å²) in [6, 6.07) is 8.48. The summed E-state index contributed by atoms with van der Waals surface area (Å²) in [7, 11) is 0. The fourth-order valence-electron chi connectivity index (χ4n) is 4.04. The number of allylic oxidation sites excluding steroid dienone is 1. The average molecular weight is 442 g/mol. The summed E-state index contributed by atoms with van der Waals surface area (Å²) in [5, 5.41) is 0. The van der Waals surface area contributed by atoms with Crippen LogP contribution in [-0.2, 0) is 16.1 Å². The maximum Gasteiger partial charge on any atom is 0.223 e. The van der Waals surface area contributed by atoms with Crippen LogP contribution in [0.1, 0.15) is 42.5 Å². The fourth-order valence-corrected chi connectivity index (χ4v) is 4.90. The molecule has 4 rings (SSSR count). The van der Waals surface area contributed by atoms with Gasteiger partial charge in [0.15, 0.2) is 11.5 Å². The Bertz CT molecular complexity index is 916. The van der Waals surface area contributed by atoms with Gasteiger partial charge < -0.3 is 19.1 Å². The number of aryl methyl sites for hydroxylation is 1. The number of fused-ring (bicyclic) bond motifs is 1. The van der Waals surface area contributed by atoms with Gasteiger partial charge in [-0.25, -0.2) is 0 Å². The third-order valence-corrected chi connectivity index (χ3v) is 6.79. The molecular formula is C25H31NO4S. The predicted octanol–water partition coefficient (Wildman–Crippen LogP) is 5.36. The van der Waals surface area contributed by atoms with E-state index < -0.39 is 0 Å². The molecule has 2 aliphatic rings. The van der Waals surface area contributed by atoms with E-state index in [1.807, 2.05) is 4.90 Å². The molecule has 0 radical (unpaired) electrons. The van der Waals surface area contributed by atoms with Gasteiger partial charge in [-0.05, 0) is 62.4 Å². The van der Waals surface area contributed by atoms with Crippen LogP contribution in [0.2, 0.25) is 0 Å². The number of thiophene rings is 1. The number of hydrogen-bond donors (Lipinski definition) is 0. The largest absolute Gasteiger partial charge is 0.487 e. The number of rotatable bonds is 7. The lowest BCUT2D eigenvalue weighted by atomic mass is 10.1. The maximum atomic E-state index is 12.7. The van der Waals surface area contributed by atoms with Crippen LogP contribution in [0.4, 0.5) is 0 Å². The molecule has 0 spiro atoms. The fraction of sp³-hybridized carbons (Fsp3) is 0.480. The van der Waals surface area contributed by atoms with Crippen LogP contribution >= 0.6 is 11.3 Å². The van der Waals surface area contributed by atoms with Crippen LogP contribution in [0.25, 0.3) is 10.4 Å². The van der Waals surface area contributed by atoms with Gasteiger partial charge in [0.25, 0.3) is 0 Å². The molecule has 0 N–H and O–H groups in total. The molecule has 1 atom stereocenters. The highest BCUT2D eigenvalue weighted by molar-refractivity contribution is 7.15. The molecule has 0 bridgehead atoms. The van der Waals surface area contributed by atoms with E-state index in [0.29, 0.717) is 39.1 Å². The monoisotopic (exact) mass is 441 g/mol. The number of benzene rings is 1. The van der Waals surface area contributed by atoms with Crippen molar-refractivity contribution in [2.45, 2.75) is 51.7 Å². The van der Waals surface area contributed by atoms with Gasteiger partial charge in [0.05, 0.1) is 12.6 Å². The minimum Gasteiger partial charge on any atom is -0.487 e. The van der Waals surface area contributed by atoms with Gasteiger partial charge in [-0.15, -0.1) is 17.9 Å². The van der Waals surface area contributed by atoms with Gasteiger partial charge in [-0.1, -0.05) is 6.08 Å². The van der Waals surface area contributed by atoms with Crippen LogP contribution < -0.4 is 9.47 Å². The number of ether oxygens (including phenoxy) is 3. The summed E-state index contributed by atoms with van der Waals surface area (Å²) in [5.74, 6) is 1.63. The Labute approximate surface area is 188 Å². The summed E-state index contributed by atoms with van der Waals surface area (Å²) in [5.41, 5.74) is 2.09. The summed E-state index contributed by atoms with van der Waals surface area (Å²) in [6.07, 6.45) is 6.41. The van der Waals surface area contributed by atoms with Crippen LogP contribution in [-0.4, -0.2) is 43.3 Å². The van der Waals surface area contributed by atoms with E-state index in [2.05, 4.69) is 37.8 Å². The Kier molecular flexibility index (Phi) is 7.30. The molecule has 1 fully saturated rings. The number of carbonyl (C=O) groups excluding carboxylic acids is 1. The minimum atomic E-state index is 0.125. The highest BCUT2D eigenvalue weighted by Crippen LogP contribution is 2.40. The highest BCUT2D eigenvalue weighted by atomic mass is 32.1. The van der Waals surface area contributed by atoms with Crippen molar-refractivity contribution in [1.29, 1.82) is 0 Å². The average Bonchev–Trinajstić information content (AvgIpc) is 3.10. The van der Waals surface area contributed by atoms with Crippen molar-refractivity contribution < 1.29 is 19.0 Å². The van der Waals surface area contributed by atoms with Crippen LogP contribution in [0.5, 0.6) is 11.5 Å². The first-order valence-corrected chi connectivity index (χ1v) is 12.0. The Morgan fingerprint density at radius 2 is 2.23 bits per heavy atom. The first kappa shape index (κ1) is 21.9. The molecule has 0 aliphatic carbocycles. The molecule has 1 aromatic heterocycles. The molecule has 2 aliphatic heterocycles. The van der Waals surface area contributed by atoms with Gasteiger partial charge in [0.1, 0.15) is 13.2 Å². The zero-order valence-electron chi connectivity index (χ0n) is 18.2. The van der Waals surface area contributed by atoms with E-state index in [1.54, 1.807) is 17.4 Å². The molecular weight excluding hydrogens is 410 g/mol. The quantitative estimate of drug-likeness (QED) is 0.543. The molecule has 6 heteroatoms. The number of carbonyl (C=O) groups is 1. The highest BCUT2D eigenvalue weighted by Gasteiger charge is 2.24. The van der Waals surface area contributed by atoms with Crippen LogP contribution in [0.15, 0.2) is 36.9 Å². The molecule has 3 heterocycles. The Morgan fingerprint density at radius 1 is 1.32 bits per heavy atom. The van der Waals surface area contributed by atoms with E-state index in [9.17, 15) is 4.79 Å². The second kappa shape index (κ2) is 10.3.